The first-order chi connectivity index (χ1) is 10.6. The summed E-state index contributed by atoms with van der Waals surface area (Å²) in [4.78, 5) is 25.8. The molecule has 0 saturated carbocycles. The van der Waals surface area contributed by atoms with E-state index in [9.17, 15) is 9.59 Å². The number of fused-ring (bicyclic) bond motifs is 1. The summed E-state index contributed by atoms with van der Waals surface area (Å²) in [6, 6.07) is 15.2. The van der Waals surface area contributed by atoms with Crippen molar-refractivity contribution in [2.45, 2.75) is 13.0 Å². The maximum atomic E-state index is 12.1. The second-order valence-electron chi connectivity index (χ2n) is 5.24. The highest BCUT2D eigenvalue weighted by Gasteiger charge is 2.31. The van der Waals surface area contributed by atoms with Gasteiger partial charge in [0.1, 0.15) is 6.54 Å². The first kappa shape index (κ1) is 14.8. The standard InChI is InChI=1S/C17H15BrN2O2/c1-11(21)20-10-16(22)19-15-8-7-13(18)9-14(15)17(20)12-5-3-2-4-6-12/h2-9,17H,10H2,1H3,(H,19,22). The minimum Gasteiger partial charge on any atom is -0.324 e. The van der Waals surface area contributed by atoms with Crippen LogP contribution in [0.15, 0.2) is 53.0 Å². The van der Waals surface area contributed by atoms with Gasteiger partial charge in [-0.25, -0.2) is 0 Å². The number of rotatable bonds is 1. The zero-order chi connectivity index (χ0) is 15.7. The van der Waals surface area contributed by atoms with Crippen LogP contribution in [0.4, 0.5) is 5.69 Å². The smallest absolute Gasteiger partial charge is 0.244 e. The lowest BCUT2D eigenvalue weighted by molar-refractivity contribution is -0.134. The molecule has 1 aliphatic heterocycles. The molecule has 1 heterocycles. The maximum absolute atomic E-state index is 12.1. The van der Waals surface area contributed by atoms with Crippen molar-refractivity contribution in [1.82, 2.24) is 4.90 Å². The minimum atomic E-state index is -0.287. The summed E-state index contributed by atoms with van der Waals surface area (Å²) in [6.07, 6.45) is 0. The third kappa shape index (κ3) is 2.76. The molecule has 0 spiro atoms. The Balaban J connectivity index is 2.22. The van der Waals surface area contributed by atoms with Gasteiger partial charge in [-0.3, -0.25) is 9.59 Å². The van der Waals surface area contributed by atoms with Gasteiger partial charge in [-0.2, -0.15) is 0 Å². The average molecular weight is 359 g/mol. The second-order valence-corrected chi connectivity index (χ2v) is 6.16. The number of nitrogens with zero attached hydrogens (tertiary/aromatic N) is 1. The number of amides is 2. The van der Waals surface area contributed by atoms with Crippen molar-refractivity contribution in [2.75, 3.05) is 11.9 Å². The molecule has 0 radical (unpaired) electrons. The predicted octanol–water partition coefficient (Wildman–Crippen LogP) is 3.34. The fraction of sp³-hybridized carbons (Fsp3) is 0.176. The Morgan fingerprint density at radius 3 is 2.64 bits per heavy atom. The number of nitrogens with one attached hydrogen (secondary N) is 1. The van der Waals surface area contributed by atoms with Gasteiger partial charge in [-0.15, -0.1) is 0 Å². The fourth-order valence-corrected chi connectivity index (χ4v) is 3.14. The van der Waals surface area contributed by atoms with Crippen LogP contribution in [0.2, 0.25) is 0 Å². The molecule has 1 atom stereocenters. The highest BCUT2D eigenvalue weighted by molar-refractivity contribution is 9.10. The van der Waals surface area contributed by atoms with Gasteiger partial charge in [0.15, 0.2) is 0 Å². The molecule has 1 aliphatic rings. The molecular formula is C17H15BrN2O2. The van der Waals surface area contributed by atoms with Crippen molar-refractivity contribution < 1.29 is 9.59 Å². The molecule has 0 aromatic heterocycles. The summed E-state index contributed by atoms with van der Waals surface area (Å²) in [5.74, 6) is -0.311. The number of carbonyl (C=O) groups is 2. The Bertz CT molecular complexity index is 731. The first-order valence-electron chi connectivity index (χ1n) is 6.97. The van der Waals surface area contributed by atoms with E-state index in [4.69, 9.17) is 0 Å². The molecule has 4 nitrogen and oxygen atoms in total. The normalized spacial score (nSPS) is 17.5. The Morgan fingerprint density at radius 1 is 1.23 bits per heavy atom. The van der Waals surface area contributed by atoms with Crippen molar-refractivity contribution in [3.63, 3.8) is 0 Å². The van der Waals surface area contributed by atoms with E-state index in [-0.39, 0.29) is 24.4 Å². The van der Waals surface area contributed by atoms with Gasteiger partial charge in [0, 0.05) is 22.6 Å². The van der Waals surface area contributed by atoms with Crippen molar-refractivity contribution in [3.8, 4) is 0 Å². The number of benzene rings is 2. The van der Waals surface area contributed by atoms with E-state index in [2.05, 4.69) is 21.2 Å². The molecule has 0 fully saturated rings. The summed E-state index contributed by atoms with van der Waals surface area (Å²) in [5, 5.41) is 2.88. The van der Waals surface area contributed by atoms with Crippen LogP contribution in [0.25, 0.3) is 0 Å². The van der Waals surface area contributed by atoms with Gasteiger partial charge in [0.2, 0.25) is 11.8 Å². The van der Waals surface area contributed by atoms with Crippen LogP contribution in [0.3, 0.4) is 0 Å². The molecule has 112 valence electrons. The summed E-state index contributed by atoms with van der Waals surface area (Å²) in [7, 11) is 0. The highest BCUT2D eigenvalue weighted by atomic mass is 79.9. The number of anilines is 1. The van der Waals surface area contributed by atoms with E-state index in [1.165, 1.54) is 6.92 Å². The van der Waals surface area contributed by atoms with Crippen LogP contribution < -0.4 is 5.32 Å². The Morgan fingerprint density at radius 2 is 1.95 bits per heavy atom. The molecule has 0 bridgehead atoms. The first-order valence-corrected chi connectivity index (χ1v) is 7.77. The van der Waals surface area contributed by atoms with Crippen molar-refractivity contribution in [2.24, 2.45) is 0 Å². The van der Waals surface area contributed by atoms with E-state index >= 15 is 0 Å². The summed E-state index contributed by atoms with van der Waals surface area (Å²) in [5.41, 5.74) is 2.63. The Kier molecular flexibility index (Phi) is 3.98. The van der Waals surface area contributed by atoms with Crippen LogP contribution in [-0.2, 0) is 9.59 Å². The summed E-state index contributed by atoms with van der Waals surface area (Å²) >= 11 is 3.47. The van der Waals surface area contributed by atoms with E-state index in [1.54, 1.807) is 4.90 Å². The van der Waals surface area contributed by atoms with E-state index in [1.807, 2.05) is 48.5 Å². The fourth-order valence-electron chi connectivity index (χ4n) is 2.77. The van der Waals surface area contributed by atoms with Gasteiger partial charge >= 0.3 is 0 Å². The monoisotopic (exact) mass is 358 g/mol. The van der Waals surface area contributed by atoms with Crippen LogP contribution >= 0.6 is 15.9 Å². The Hall–Kier alpha value is -2.14. The van der Waals surface area contributed by atoms with E-state index < -0.39 is 0 Å². The molecule has 2 amide bonds. The molecule has 0 saturated heterocycles. The van der Waals surface area contributed by atoms with Gasteiger partial charge < -0.3 is 10.2 Å². The van der Waals surface area contributed by atoms with Crippen LogP contribution in [0.1, 0.15) is 24.1 Å². The zero-order valence-corrected chi connectivity index (χ0v) is 13.6. The zero-order valence-electron chi connectivity index (χ0n) is 12.0. The quantitative estimate of drug-likeness (QED) is 0.849. The van der Waals surface area contributed by atoms with Gasteiger partial charge in [-0.05, 0) is 23.8 Å². The molecule has 2 aromatic rings. The number of hydrogen-bond donors (Lipinski definition) is 1. The predicted molar refractivity (Wildman–Crippen MR) is 88.4 cm³/mol. The average Bonchev–Trinajstić information content (AvgIpc) is 2.64. The number of carbonyl (C=O) groups excluding carboxylic acids is 2. The lowest BCUT2D eigenvalue weighted by atomic mass is 9.96. The van der Waals surface area contributed by atoms with Crippen LogP contribution in [0, 0.1) is 0 Å². The van der Waals surface area contributed by atoms with Crippen molar-refractivity contribution in [3.05, 3.63) is 64.1 Å². The lowest BCUT2D eigenvalue weighted by Gasteiger charge is -2.29. The molecule has 1 N–H and O–H groups in total. The molecule has 3 rings (SSSR count). The molecule has 1 unspecified atom stereocenters. The second kappa shape index (κ2) is 5.93. The molecular weight excluding hydrogens is 344 g/mol. The lowest BCUT2D eigenvalue weighted by Crippen LogP contribution is -2.37. The molecule has 22 heavy (non-hydrogen) atoms. The summed E-state index contributed by atoms with van der Waals surface area (Å²) < 4.78 is 0.909. The third-order valence-corrected chi connectivity index (χ3v) is 4.22. The van der Waals surface area contributed by atoms with Gasteiger partial charge in [0.25, 0.3) is 0 Å². The van der Waals surface area contributed by atoms with E-state index in [0.717, 1.165) is 21.3 Å². The van der Waals surface area contributed by atoms with Crippen LogP contribution in [-0.4, -0.2) is 23.3 Å². The SMILES string of the molecule is CC(=O)N1CC(=O)Nc2ccc(Br)cc2C1c1ccccc1. The van der Waals surface area contributed by atoms with Gasteiger partial charge in [0.05, 0.1) is 6.04 Å². The van der Waals surface area contributed by atoms with Crippen molar-refractivity contribution in [1.29, 1.82) is 0 Å². The maximum Gasteiger partial charge on any atom is 0.244 e. The largest absolute Gasteiger partial charge is 0.324 e. The number of halogens is 1. The highest BCUT2D eigenvalue weighted by Crippen LogP contribution is 2.37. The van der Waals surface area contributed by atoms with Crippen LogP contribution in [0.5, 0.6) is 0 Å². The third-order valence-electron chi connectivity index (χ3n) is 3.73. The van der Waals surface area contributed by atoms with E-state index in [0.29, 0.717) is 0 Å². The molecule has 5 heteroatoms. The summed E-state index contributed by atoms with van der Waals surface area (Å²) in [6.45, 7) is 1.54. The van der Waals surface area contributed by atoms with Gasteiger partial charge in [-0.1, -0.05) is 46.3 Å². The molecule has 0 aliphatic carbocycles. The van der Waals surface area contributed by atoms with Crippen molar-refractivity contribution >= 4 is 33.4 Å². The molecule has 2 aromatic carbocycles. The Labute approximate surface area is 137 Å². The number of hydrogen-bond acceptors (Lipinski definition) is 2. The minimum absolute atomic E-state index is 0.0429. The topological polar surface area (TPSA) is 49.4 Å².